The second kappa shape index (κ2) is 5.15. The van der Waals surface area contributed by atoms with E-state index in [1.54, 1.807) is 12.1 Å². The smallest absolute Gasteiger partial charge is 0.123 e. The van der Waals surface area contributed by atoms with Crippen LogP contribution in [0.3, 0.4) is 0 Å². The van der Waals surface area contributed by atoms with Gasteiger partial charge in [0.1, 0.15) is 5.82 Å². The number of ether oxygens (including phenoxy) is 1. The third-order valence-corrected chi connectivity index (χ3v) is 3.57. The van der Waals surface area contributed by atoms with E-state index in [1.165, 1.54) is 6.07 Å². The molecule has 2 rings (SSSR count). The monoisotopic (exact) mass is 242 g/mol. The van der Waals surface area contributed by atoms with E-state index in [0.717, 1.165) is 18.6 Å². The SMILES string of the molecule is CC1CC(C(Cl)Cc2cccc(F)c2)CO1. The number of rotatable bonds is 3. The highest BCUT2D eigenvalue weighted by molar-refractivity contribution is 6.20. The zero-order valence-corrected chi connectivity index (χ0v) is 10.1. The Morgan fingerprint density at radius 3 is 3.00 bits per heavy atom. The second-order valence-electron chi connectivity index (χ2n) is 4.49. The van der Waals surface area contributed by atoms with Crippen LogP contribution in [0, 0.1) is 11.7 Å². The average Bonchev–Trinajstić information content (AvgIpc) is 2.65. The highest BCUT2D eigenvalue weighted by Crippen LogP contribution is 2.27. The minimum atomic E-state index is -0.197. The molecule has 1 aliphatic heterocycles. The zero-order valence-electron chi connectivity index (χ0n) is 9.33. The summed E-state index contributed by atoms with van der Waals surface area (Å²) in [7, 11) is 0. The van der Waals surface area contributed by atoms with Crippen LogP contribution >= 0.6 is 11.6 Å². The molecule has 1 fully saturated rings. The first kappa shape index (κ1) is 11.9. The van der Waals surface area contributed by atoms with E-state index in [0.29, 0.717) is 18.4 Å². The van der Waals surface area contributed by atoms with Crippen molar-refractivity contribution in [2.24, 2.45) is 5.92 Å². The number of hydrogen-bond donors (Lipinski definition) is 0. The van der Waals surface area contributed by atoms with Gasteiger partial charge >= 0.3 is 0 Å². The maximum atomic E-state index is 13.0. The normalized spacial score (nSPS) is 26.9. The molecular formula is C13H16ClFO. The van der Waals surface area contributed by atoms with Crippen molar-refractivity contribution in [3.63, 3.8) is 0 Å². The molecule has 0 saturated carbocycles. The van der Waals surface area contributed by atoms with Gasteiger partial charge in [-0.3, -0.25) is 0 Å². The van der Waals surface area contributed by atoms with E-state index in [2.05, 4.69) is 6.92 Å². The van der Waals surface area contributed by atoms with Gasteiger partial charge in [0.15, 0.2) is 0 Å². The van der Waals surface area contributed by atoms with Gasteiger partial charge in [-0.15, -0.1) is 11.6 Å². The second-order valence-corrected chi connectivity index (χ2v) is 5.05. The first-order valence-corrected chi connectivity index (χ1v) is 6.09. The Morgan fingerprint density at radius 2 is 2.38 bits per heavy atom. The molecule has 1 saturated heterocycles. The molecular weight excluding hydrogens is 227 g/mol. The lowest BCUT2D eigenvalue weighted by molar-refractivity contribution is 0.120. The van der Waals surface area contributed by atoms with Gasteiger partial charge in [0.25, 0.3) is 0 Å². The summed E-state index contributed by atoms with van der Waals surface area (Å²) in [5, 5.41) is 0.0340. The lowest BCUT2D eigenvalue weighted by atomic mass is 9.96. The third kappa shape index (κ3) is 2.96. The molecule has 1 aliphatic rings. The zero-order chi connectivity index (χ0) is 11.5. The maximum Gasteiger partial charge on any atom is 0.123 e. The Bertz CT molecular complexity index is 356. The summed E-state index contributed by atoms with van der Waals surface area (Å²) in [6.07, 6.45) is 2.02. The molecule has 0 amide bonds. The highest BCUT2D eigenvalue weighted by Gasteiger charge is 2.28. The van der Waals surface area contributed by atoms with Gasteiger partial charge < -0.3 is 4.74 Å². The maximum absolute atomic E-state index is 13.0. The molecule has 3 unspecified atom stereocenters. The first-order chi connectivity index (χ1) is 7.65. The van der Waals surface area contributed by atoms with Crippen molar-refractivity contribution in [2.45, 2.75) is 31.2 Å². The number of hydrogen-bond acceptors (Lipinski definition) is 1. The molecule has 88 valence electrons. The quantitative estimate of drug-likeness (QED) is 0.739. The summed E-state index contributed by atoms with van der Waals surface area (Å²) in [4.78, 5) is 0. The fourth-order valence-corrected chi connectivity index (χ4v) is 2.51. The lowest BCUT2D eigenvalue weighted by Crippen LogP contribution is -2.17. The van der Waals surface area contributed by atoms with Crippen LogP contribution < -0.4 is 0 Å². The van der Waals surface area contributed by atoms with Crippen LogP contribution in [-0.2, 0) is 11.2 Å². The molecule has 3 atom stereocenters. The predicted molar refractivity (Wildman–Crippen MR) is 63.3 cm³/mol. The van der Waals surface area contributed by atoms with Crippen LogP contribution in [0.4, 0.5) is 4.39 Å². The molecule has 0 aliphatic carbocycles. The van der Waals surface area contributed by atoms with Crippen LogP contribution in [0.1, 0.15) is 18.9 Å². The minimum Gasteiger partial charge on any atom is -0.378 e. The van der Waals surface area contributed by atoms with Gasteiger partial charge in [0, 0.05) is 11.3 Å². The summed E-state index contributed by atoms with van der Waals surface area (Å²) in [6, 6.07) is 6.64. The standard InChI is InChI=1S/C13H16ClFO/c1-9-5-11(8-16-9)13(14)7-10-3-2-4-12(15)6-10/h2-4,6,9,11,13H,5,7-8H2,1H3. The summed E-state index contributed by atoms with van der Waals surface area (Å²) < 4.78 is 18.5. The van der Waals surface area contributed by atoms with Crippen molar-refractivity contribution in [3.05, 3.63) is 35.6 Å². The van der Waals surface area contributed by atoms with Crippen molar-refractivity contribution in [2.75, 3.05) is 6.61 Å². The van der Waals surface area contributed by atoms with E-state index in [4.69, 9.17) is 16.3 Å². The van der Waals surface area contributed by atoms with Gasteiger partial charge in [-0.05, 0) is 37.5 Å². The van der Waals surface area contributed by atoms with Crippen LogP contribution in [0.2, 0.25) is 0 Å². The van der Waals surface area contributed by atoms with E-state index in [-0.39, 0.29) is 11.2 Å². The summed E-state index contributed by atoms with van der Waals surface area (Å²) in [6.45, 7) is 2.79. The van der Waals surface area contributed by atoms with E-state index >= 15 is 0 Å². The fraction of sp³-hybridized carbons (Fsp3) is 0.538. The van der Waals surface area contributed by atoms with Gasteiger partial charge in [0.2, 0.25) is 0 Å². The molecule has 0 spiro atoms. The Balaban J connectivity index is 1.94. The van der Waals surface area contributed by atoms with Gasteiger partial charge in [-0.25, -0.2) is 4.39 Å². The van der Waals surface area contributed by atoms with Gasteiger partial charge in [-0.2, -0.15) is 0 Å². The number of alkyl halides is 1. The molecule has 1 aromatic rings. The molecule has 3 heteroatoms. The molecule has 16 heavy (non-hydrogen) atoms. The van der Waals surface area contributed by atoms with Gasteiger partial charge in [0.05, 0.1) is 12.7 Å². The van der Waals surface area contributed by atoms with E-state index < -0.39 is 0 Å². The first-order valence-electron chi connectivity index (χ1n) is 5.65. The summed E-state index contributed by atoms with van der Waals surface area (Å²) >= 11 is 6.34. The molecule has 1 aromatic carbocycles. The lowest BCUT2D eigenvalue weighted by Gasteiger charge is -2.15. The van der Waals surface area contributed by atoms with Crippen molar-refractivity contribution in [3.8, 4) is 0 Å². The largest absolute Gasteiger partial charge is 0.378 e. The summed E-state index contributed by atoms with van der Waals surface area (Å²) in [5.74, 6) is 0.192. The van der Waals surface area contributed by atoms with E-state index in [9.17, 15) is 4.39 Å². The van der Waals surface area contributed by atoms with Crippen LogP contribution in [0.5, 0.6) is 0 Å². The Kier molecular flexibility index (Phi) is 3.82. The van der Waals surface area contributed by atoms with Crippen LogP contribution in [0.15, 0.2) is 24.3 Å². The number of halogens is 2. The highest BCUT2D eigenvalue weighted by atomic mass is 35.5. The summed E-state index contributed by atoms with van der Waals surface area (Å²) in [5.41, 5.74) is 0.958. The van der Waals surface area contributed by atoms with Crippen molar-refractivity contribution in [1.29, 1.82) is 0 Å². The number of benzene rings is 1. The van der Waals surface area contributed by atoms with Gasteiger partial charge in [-0.1, -0.05) is 12.1 Å². The van der Waals surface area contributed by atoms with Crippen molar-refractivity contribution in [1.82, 2.24) is 0 Å². The fourth-order valence-electron chi connectivity index (χ4n) is 2.16. The average molecular weight is 243 g/mol. The molecule has 1 heterocycles. The Morgan fingerprint density at radius 1 is 1.56 bits per heavy atom. The molecule has 0 N–H and O–H groups in total. The minimum absolute atomic E-state index is 0.0340. The molecule has 0 bridgehead atoms. The Hall–Kier alpha value is -0.600. The molecule has 0 radical (unpaired) electrons. The molecule has 0 aromatic heterocycles. The predicted octanol–water partition coefficient (Wildman–Crippen LogP) is 3.40. The van der Waals surface area contributed by atoms with Crippen molar-refractivity contribution >= 4 is 11.6 Å². The van der Waals surface area contributed by atoms with Crippen LogP contribution in [0.25, 0.3) is 0 Å². The van der Waals surface area contributed by atoms with Crippen LogP contribution in [-0.4, -0.2) is 18.1 Å². The molecule has 1 nitrogen and oxygen atoms in total. The van der Waals surface area contributed by atoms with Crippen molar-refractivity contribution < 1.29 is 9.13 Å². The third-order valence-electron chi connectivity index (χ3n) is 3.06. The topological polar surface area (TPSA) is 9.23 Å². The Labute approximate surface area is 101 Å². The van der Waals surface area contributed by atoms with E-state index in [1.807, 2.05) is 6.07 Å².